The second-order valence-corrected chi connectivity index (χ2v) is 7.81. The van der Waals surface area contributed by atoms with E-state index in [0.717, 1.165) is 49.0 Å². The number of hydrogen-bond donors (Lipinski definition) is 1. The predicted octanol–water partition coefficient (Wildman–Crippen LogP) is 4.46. The molecule has 2 fully saturated rings. The minimum atomic E-state index is 0.618. The zero-order valence-corrected chi connectivity index (χ0v) is 20.6. The van der Waals surface area contributed by atoms with Gasteiger partial charge in [-0.25, -0.2) is 15.0 Å². The quantitative estimate of drug-likeness (QED) is 0.399. The highest BCUT2D eigenvalue weighted by Crippen LogP contribution is 2.20. The lowest BCUT2D eigenvalue weighted by atomic mass is 10.3. The van der Waals surface area contributed by atoms with Gasteiger partial charge in [0.2, 0.25) is 0 Å². The first-order valence-corrected chi connectivity index (χ1v) is 12.4. The largest absolute Gasteiger partial charge is 0.357 e. The molecule has 3 rings (SSSR count). The number of aliphatic imine (C=N–C) groups is 2. The third kappa shape index (κ3) is 10.3. The SMILES string of the molecule is C=CC/C=C(N=C)/N=C(\SC)c1ccc(N2CCCC2)nc1.CC.CN1CCNCC1. The molecule has 2 aliphatic heterocycles. The van der Waals surface area contributed by atoms with Gasteiger partial charge in [-0.1, -0.05) is 19.9 Å². The molecule has 0 aromatic carbocycles. The number of allylic oxidation sites excluding steroid dienone is 2. The van der Waals surface area contributed by atoms with Gasteiger partial charge in [-0.3, -0.25) is 0 Å². The van der Waals surface area contributed by atoms with Crippen LogP contribution in [0, 0.1) is 0 Å². The molecule has 2 saturated heterocycles. The number of thioether (sulfide) groups is 1. The molecule has 0 unspecified atom stereocenters. The van der Waals surface area contributed by atoms with Crippen molar-refractivity contribution in [3.05, 3.63) is 48.4 Å². The van der Waals surface area contributed by atoms with Crippen molar-refractivity contribution in [3.63, 3.8) is 0 Å². The Kier molecular flexibility index (Phi) is 14.6. The zero-order valence-electron chi connectivity index (χ0n) is 19.8. The van der Waals surface area contributed by atoms with Crippen molar-refractivity contribution < 1.29 is 0 Å². The van der Waals surface area contributed by atoms with Crippen molar-refractivity contribution in [2.75, 3.05) is 57.5 Å². The first-order chi connectivity index (χ1) is 15.2. The molecule has 0 saturated carbocycles. The molecule has 1 aromatic heterocycles. The van der Waals surface area contributed by atoms with Gasteiger partial charge in [0.15, 0.2) is 0 Å². The first kappa shape index (κ1) is 27.1. The lowest BCUT2D eigenvalue weighted by Gasteiger charge is -2.21. The normalized spacial score (nSPS) is 17.2. The minimum absolute atomic E-state index is 0.618. The van der Waals surface area contributed by atoms with Gasteiger partial charge >= 0.3 is 0 Å². The number of nitrogens with zero attached hydrogens (tertiary/aromatic N) is 5. The van der Waals surface area contributed by atoms with Crippen LogP contribution in [-0.4, -0.2) is 74.2 Å². The highest BCUT2D eigenvalue weighted by molar-refractivity contribution is 8.13. The molecule has 0 spiro atoms. The molecule has 0 aliphatic carbocycles. The Morgan fingerprint density at radius 3 is 2.32 bits per heavy atom. The molecular formula is C24H40N6S. The monoisotopic (exact) mass is 444 g/mol. The number of pyridine rings is 1. The molecule has 31 heavy (non-hydrogen) atoms. The topological polar surface area (TPSA) is 56.1 Å². The number of hydrogen-bond acceptors (Lipinski definition) is 7. The number of nitrogens with one attached hydrogen (secondary N) is 1. The van der Waals surface area contributed by atoms with Crippen molar-refractivity contribution in [1.29, 1.82) is 0 Å². The van der Waals surface area contributed by atoms with Crippen molar-refractivity contribution in [1.82, 2.24) is 15.2 Å². The third-order valence-corrected chi connectivity index (χ3v) is 5.52. The molecule has 0 amide bonds. The average Bonchev–Trinajstić information content (AvgIpc) is 3.37. The van der Waals surface area contributed by atoms with Crippen LogP contribution in [0.25, 0.3) is 0 Å². The summed E-state index contributed by atoms with van der Waals surface area (Å²) in [6.07, 6.45) is 10.8. The van der Waals surface area contributed by atoms with Crippen LogP contribution in [0.5, 0.6) is 0 Å². The summed E-state index contributed by atoms with van der Waals surface area (Å²) in [6, 6.07) is 4.14. The van der Waals surface area contributed by atoms with Gasteiger partial charge in [0, 0.05) is 51.0 Å². The van der Waals surface area contributed by atoms with E-state index in [1.165, 1.54) is 25.9 Å². The van der Waals surface area contributed by atoms with Gasteiger partial charge in [-0.15, -0.1) is 18.3 Å². The summed E-state index contributed by atoms with van der Waals surface area (Å²) in [5.41, 5.74) is 1.00. The molecule has 1 N–H and O–H groups in total. The number of anilines is 1. The van der Waals surface area contributed by atoms with Gasteiger partial charge in [-0.05, 0) is 57.5 Å². The second-order valence-electron chi connectivity index (χ2n) is 7.02. The van der Waals surface area contributed by atoms with Gasteiger partial charge < -0.3 is 15.1 Å². The molecule has 0 atom stereocenters. The Morgan fingerprint density at radius 2 is 1.87 bits per heavy atom. The fraction of sp³-hybridized carbons (Fsp3) is 0.542. The minimum Gasteiger partial charge on any atom is -0.357 e. The second kappa shape index (κ2) is 16.7. The van der Waals surface area contributed by atoms with E-state index in [4.69, 9.17) is 0 Å². The molecule has 0 bridgehead atoms. The van der Waals surface area contributed by atoms with Crippen LogP contribution in [0.2, 0.25) is 0 Å². The maximum Gasteiger partial charge on any atom is 0.148 e. The molecular weight excluding hydrogens is 404 g/mol. The third-order valence-electron chi connectivity index (χ3n) is 4.80. The van der Waals surface area contributed by atoms with E-state index in [1.807, 2.05) is 38.5 Å². The predicted molar refractivity (Wildman–Crippen MR) is 140 cm³/mol. The molecule has 7 heteroatoms. The van der Waals surface area contributed by atoms with E-state index >= 15 is 0 Å². The molecule has 6 nitrogen and oxygen atoms in total. The van der Waals surface area contributed by atoms with E-state index in [9.17, 15) is 0 Å². The van der Waals surface area contributed by atoms with Crippen LogP contribution < -0.4 is 10.2 Å². The number of likely N-dealkylation sites (N-methyl/N-ethyl adjacent to an activating group) is 1. The van der Waals surface area contributed by atoms with Crippen LogP contribution in [-0.2, 0) is 0 Å². The summed E-state index contributed by atoms with van der Waals surface area (Å²) in [4.78, 5) is 17.7. The molecule has 2 aliphatic rings. The maximum absolute atomic E-state index is 4.57. The molecule has 3 heterocycles. The van der Waals surface area contributed by atoms with Crippen molar-refractivity contribution in [2.24, 2.45) is 9.98 Å². The fourth-order valence-electron chi connectivity index (χ4n) is 3.09. The van der Waals surface area contributed by atoms with E-state index in [-0.39, 0.29) is 0 Å². The van der Waals surface area contributed by atoms with Crippen LogP contribution in [0.4, 0.5) is 5.82 Å². The molecule has 1 aromatic rings. The lowest BCUT2D eigenvalue weighted by molar-refractivity contribution is 0.291. The number of piperazine rings is 1. The summed E-state index contributed by atoms with van der Waals surface area (Å²) in [6.45, 7) is 18.2. The number of aromatic nitrogens is 1. The highest BCUT2D eigenvalue weighted by atomic mass is 32.2. The smallest absolute Gasteiger partial charge is 0.148 e. The summed E-state index contributed by atoms with van der Waals surface area (Å²) in [5, 5.41) is 4.17. The fourth-order valence-corrected chi connectivity index (χ4v) is 3.63. The van der Waals surface area contributed by atoms with E-state index < -0.39 is 0 Å². The van der Waals surface area contributed by atoms with Crippen molar-refractivity contribution >= 4 is 29.3 Å². The number of rotatable bonds is 6. The Labute approximate surface area is 193 Å². The standard InChI is InChI=1S/C17H22N4S.C5H12N2.C2H6/c1-4-5-8-15(18-2)20-17(22-3)14-9-10-16(19-13-14)21-11-6-7-12-21;1-7-4-2-6-3-5-7;1-2/h4,8-10,13H,1-2,5-7,11-12H2,3H3;6H,2-5H2,1H3;1-2H3/b15-8+,20-17-;;. The summed E-state index contributed by atoms with van der Waals surface area (Å²) < 4.78 is 0. The maximum atomic E-state index is 4.57. The van der Waals surface area contributed by atoms with E-state index in [0.29, 0.717) is 5.82 Å². The Bertz CT molecular complexity index is 687. The van der Waals surface area contributed by atoms with Gasteiger partial charge in [0.1, 0.15) is 16.7 Å². The Balaban J connectivity index is 0.000000447. The molecule has 0 radical (unpaired) electrons. The van der Waals surface area contributed by atoms with E-state index in [2.05, 4.69) is 62.6 Å². The Morgan fingerprint density at radius 1 is 1.19 bits per heavy atom. The van der Waals surface area contributed by atoms with Crippen LogP contribution >= 0.6 is 11.8 Å². The zero-order chi connectivity index (χ0) is 22.9. The van der Waals surface area contributed by atoms with Crippen LogP contribution in [0.1, 0.15) is 38.7 Å². The van der Waals surface area contributed by atoms with Gasteiger partial charge in [0.25, 0.3) is 0 Å². The Hall–Kier alpha value is -1.96. The highest BCUT2D eigenvalue weighted by Gasteiger charge is 2.13. The van der Waals surface area contributed by atoms with Gasteiger partial charge in [-0.2, -0.15) is 0 Å². The van der Waals surface area contributed by atoms with Crippen LogP contribution in [0.3, 0.4) is 0 Å². The van der Waals surface area contributed by atoms with Crippen LogP contribution in [0.15, 0.2) is 52.9 Å². The first-order valence-electron chi connectivity index (χ1n) is 11.2. The van der Waals surface area contributed by atoms with Crippen molar-refractivity contribution in [3.8, 4) is 0 Å². The lowest BCUT2D eigenvalue weighted by Crippen LogP contribution is -2.40. The summed E-state index contributed by atoms with van der Waals surface area (Å²) in [5.74, 6) is 1.67. The average molecular weight is 445 g/mol. The van der Waals surface area contributed by atoms with Crippen molar-refractivity contribution in [2.45, 2.75) is 33.1 Å². The van der Waals surface area contributed by atoms with E-state index in [1.54, 1.807) is 11.8 Å². The summed E-state index contributed by atoms with van der Waals surface area (Å²) >= 11 is 1.58. The molecule has 172 valence electrons. The summed E-state index contributed by atoms with van der Waals surface area (Å²) in [7, 11) is 2.15. The van der Waals surface area contributed by atoms with Gasteiger partial charge in [0.05, 0.1) is 0 Å².